The number of fused-ring (bicyclic) bond motifs is 1. The Hall–Kier alpha value is -3.78. The van der Waals surface area contributed by atoms with Crippen LogP contribution in [0.4, 0.5) is 14.6 Å². The van der Waals surface area contributed by atoms with E-state index in [-0.39, 0.29) is 12.5 Å². The summed E-state index contributed by atoms with van der Waals surface area (Å²) in [6.07, 6.45) is 1.22. The van der Waals surface area contributed by atoms with Crippen LogP contribution in [-0.2, 0) is 13.2 Å². The van der Waals surface area contributed by atoms with Crippen molar-refractivity contribution in [3.05, 3.63) is 89.0 Å². The molecule has 33 heavy (non-hydrogen) atoms. The average Bonchev–Trinajstić information content (AvgIpc) is 3.16. The quantitative estimate of drug-likeness (QED) is 0.423. The largest absolute Gasteiger partial charge is 0.489 e. The molecule has 0 unspecified atom stereocenters. The zero-order valence-electron chi connectivity index (χ0n) is 17.8. The number of aromatic amines is 1. The third kappa shape index (κ3) is 4.85. The second kappa shape index (κ2) is 8.99. The van der Waals surface area contributed by atoms with E-state index in [9.17, 15) is 13.6 Å². The lowest BCUT2D eigenvalue weighted by molar-refractivity contribution is 0.102. The Morgan fingerprint density at radius 1 is 1.03 bits per heavy atom. The fourth-order valence-corrected chi connectivity index (χ4v) is 3.83. The lowest BCUT2D eigenvalue weighted by Crippen LogP contribution is -2.36. The maximum Gasteiger partial charge on any atom is 0.256 e. The van der Waals surface area contributed by atoms with Gasteiger partial charge in [-0.3, -0.25) is 14.8 Å². The molecule has 0 radical (unpaired) electrons. The number of ether oxygens (including phenoxy) is 1. The lowest BCUT2D eigenvalue weighted by Gasteiger charge is -2.30. The van der Waals surface area contributed by atoms with Crippen molar-refractivity contribution in [3.63, 3.8) is 0 Å². The van der Waals surface area contributed by atoms with Crippen molar-refractivity contribution in [2.24, 2.45) is 0 Å². The van der Waals surface area contributed by atoms with Gasteiger partial charge < -0.3 is 10.1 Å². The van der Waals surface area contributed by atoms with Gasteiger partial charge in [0, 0.05) is 23.6 Å². The van der Waals surface area contributed by atoms with Gasteiger partial charge in [0.05, 0.1) is 5.52 Å². The van der Waals surface area contributed by atoms with Crippen LogP contribution in [-0.4, -0.2) is 34.1 Å². The number of anilines is 1. The maximum absolute atomic E-state index is 13.4. The van der Waals surface area contributed by atoms with E-state index in [1.807, 2.05) is 18.2 Å². The summed E-state index contributed by atoms with van der Waals surface area (Å²) in [5, 5.41) is 10.6. The van der Waals surface area contributed by atoms with E-state index in [4.69, 9.17) is 4.74 Å². The summed E-state index contributed by atoms with van der Waals surface area (Å²) in [7, 11) is 0. The van der Waals surface area contributed by atoms with Gasteiger partial charge >= 0.3 is 0 Å². The lowest BCUT2D eigenvalue weighted by atomic mass is 10.1. The second-order valence-electron chi connectivity index (χ2n) is 8.13. The average molecular weight is 448 g/mol. The fraction of sp³-hybridized carbons (Fsp3) is 0.200. The minimum absolute atomic E-state index is 0.00351. The normalized spacial score (nSPS) is 13.6. The van der Waals surface area contributed by atoms with E-state index in [0.717, 1.165) is 36.8 Å². The number of aromatic nitrogens is 2. The van der Waals surface area contributed by atoms with Crippen LogP contribution >= 0.6 is 0 Å². The molecule has 1 aliphatic heterocycles. The minimum atomic E-state index is -0.655. The van der Waals surface area contributed by atoms with Gasteiger partial charge in [0.1, 0.15) is 24.0 Å². The number of likely N-dealkylation sites (tertiary alicyclic amines) is 1. The van der Waals surface area contributed by atoms with Crippen LogP contribution < -0.4 is 10.1 Å². The molecule has 0 spiro atoms. The molecule has 2 heterocycles. The monoisotopic (exact) mass is 448 g/mol. The molecule has 2 N–H and O–H groups in total. The van der Waals surface area contributed by atoms with Crippen LogP contribution in [0.25, 0.3) is 10.9 Å². The first-order valence-electron chi connectivity index (χ1n) is 10.7. The van der Waals surface area contributed by atoms with Crippen molar-refractivity contribution in [1.82, 2.24) is 15.1 Å². The predicted octanol–water partition coefficient (Wildman–Crippen LogP) is 4.88. The van der Waals surface area contributed by atoms with Crippen LogP contribution in [0.15, 0.2) is 60.7 Å². The van der Waals surface area contributed by atoms with Gasteiger partial charge in [-0.25, -0.2) is 8.78 Å². The number of halogens is 2. The molecule has 8 heteroatoms. The number of nitrogens with one attached hydrogen (secondary N) is 2. The zero-order chi connectivity index (χ0) is 22.8. The number of carbonyl (C=O) groups is 1. The Balaban J connectivity index is 1.30. The molecule has 0 bridgehead atoms. The first-order chi connectivity index (χ1) is 16.0. The molecule has 168 valence electrons. The van der Waals surface area contributed by atoms with Crippen molar-refractivity contribution >= 4 is 22.6 Å². The van der Waals surface area contributed by atoms with Crippen molar-refractivity contribution in [2.75, 3.05) is 18.4 Å². The Bertz CT molecular complexity index is 1300. The molecular formula is C25H22F2N4O2. The number of nitrogens with zero attached hydrogens (tertiary/aromatic N) is 2. The Morgan fingerprint density at radius 2 is 1.85 bits per heavy atom. The number of carbonyl (C=O) groups excluding carboxylic acids is 1. The summed E-state index contributed by atoms with van der Waals surface area (Å²) in [6, 6.07) is 16.1. The van der Waals surface area contributed by atoms with E-state index in [2.05, 4.69) is 20.4 Å². The highest BCUT2D eigenvalue weighted by Gasteiger charge is 2.16. The SMILES string of the molecule is O=C(Nc1n[nH]c2ccc(OCc3cc(F)cc(F)c3)cc12)c1cccc(CN2CCC2)c1. The number of H-pyrrole nitrogens is 1. The van der Waals surface area contributed by atoms with E-state index in [0.29, 0.717) is 28.1 Å². The predicted molar refractivity (Wildman–Crippen MR) is 121 cm³/mol. The van der Waals surface area contributed by atoms with Crippen LogP contribution in [0.3, 0.4) is 0 Å². The molecule has 1 aromatic heterocycles. The summed E-state index contributed by atoms with van der Waals surface area (Å²) < 4.78 is 32.5. The molecular weight excluding hydrogens is 426 g/mol. The Labute approximate surface area is 189 Å². The second-order valence-corrected chi connectivity index (χ2v) is 8.13. The third-order valence-corrected chi connectivity index (χ3v) is 5.64. The minimum Gasteiger partial charge on any atom is -0.489 e. The van der Waals surface area contributed by atoms with E-state index >= 15 is 0 Å². The standard InChI is InChI=1S/C25H22F2N4O2/c26-19-10-17(11-20(27)12-19)15-33-21-5-6-23-22(13-21)24(30-29-23)28-25(32)18-4-1-3-16(9-18)14-31-7-2-8-31/h1,3-6,9-13H,2,7-8,14-15H2,(H2,28,29,30,32). The van der Waals surface area contributed by atoms with Crippen LogP contribution in [0.5, 0.6) is 5.75 Å². The van der Waals surface area contributed by atoms with E-state index in [1.165, 1.54) is 18.6 Å². The first kappa shape index (κ1) is 21.1. The first-order valence-corrected chi connectivity index (χ1v) is 10.7. The summed E-state index contributed by atoms with van der Waals surface area (Å²) in [4.78, 5) is 15.2. The summed E-state index contributed by atoms with van der Waals surface area (Å²) in [5.74, 6) is -0.697. The van der Waals surface area contributed by atoms with Crippen molar-refractivity contribution in [3.8, 4) is 5.75 Å². The van der Waals surface area contributed by atoms with E-state index < -0.39 is 11.6 Å². The number of benzene rings is 3. The maximum atomic E-state index is 13.4. The van der Waals surface area contributed by atoms with Gasteiger partial charge in [-0.2, -0.15) is 5.10 Å². The van der Waals surface area contributed by atoms with Gasteiger partial charge in [0.2, 0.25) is 0 Å². The summed E-state index contributed by atoms with van der Waals surface area (Å²) in [5.41, 5.74) is 2.76. The van der Waals surface area contributed by atoms with Crippen LogP contribution in [0.1, 0.15) is 27.9 Å². The van der Waals surface area contributed by atoms with Gasteiger partial charge in [-0.1, -0.05) is 12.1 Å². The number of rotatable bonds is 7. The molecule has 6 nitrogen and oxygen atoms in total. The van der Waals surface area contributed by atoms with Crippen LogP contribution in [0.2, 0.25) is 0 Å². The Morgan fingerprint density at radius 3 is 2.61 bits per heavy atom. The van der Waals surface area contributed by atoms with Gasteiger partial charge in [0.25, 0.3) is 5.91 Å². The molecule has 1 fully saturated rings. The van der Waals surface area contributed by atoms with Gasteiger partial charge in [0.15, 0.2) is 5.82 Å². The zero-order valence-corrected chi connectivity index (χ0v) is 17.8. The summed E-state index contributed by atoms with van der Waals surface area (Å²) >= 11 is 0. The number of amides is 1. The summed E-state index contributed by atoms with van der Waals surface area (Å²) in [6.45, 7) is 3.02. The molecule has 0 atom stereocenters. The van der Waals surface area contributed by atoms with Crippen LogP contribution in [0, 0.1) is 11.6 Å². The number of hydrogen-bond acceptors (Lipinski definition) is 4. The van der Waals surface area contributed by atoms with Crippen molar-refractivity contribution in [1.29, 1.82) is 0 Å². The van der Waals surface area contributed by atoms with Gasteiger partial charge in [-0.05, 0) is 73.1 Å². The van der Waals surface area contributed by atoms with Crippen molar-refractivity contribution in [2.45, 2.75) is 19.6 Å². The Kier molecular flexibility index (Phi) is 5.75. The third-order valence-electron chi connectivity index (χ3n) is 5.64. The highest BCUT2D eigenvalue weighted by atomic mass is 19.1. The fourth-order valence-electron chi connectivity index (χ4n) is 3.83. The molecule has 0 aliphatic carbocycles. The number of hydrogen-bond donors (Lipinski definition) is 2. The molecule has 5 rings (SSSR count). The van der Waals surface area contributed by atoms with Crippen molar-refractivity contribution < 1.29 is 18.3 Å². The topological polar surface area (TPSA) is 70.2 Å². The molecule has 1 aliphatic rings. The molecule has 3 aromatic carbocycles. The molecule has 4 aromatic rings. The van der Waals surface area contributed by atoms with E-state index in [1.54, 1.807) is 24.3 Å². The molecule has 1 amide bonds. The molecule has 1 saturated heterocycles. The highest BCUT2D eigenvalue weighted by molar-refractivity contribution is 6.08. The molecule has 0 saturated carbocycles. The highest BCUT2D eigenvalue weighted by Crippen LogP contribution is 2.26. The van der Waals surface area contributed by atoms with Gasteiger partial charge in [-0.15, -0.1) is 0 Å². The smallest absolute Gasteiger partial charge is 0.256 e.